The van der Waals surface area contributed by atoms with Crippen LogP contribution in [0.15, 0.2) is 42.0 Å². The Labute approximate surface area is 131 Å². The molecule has 1 aromatic carbocycles. The molecule has 3 aromatic rings. The summed E-state index contributed by atoms with van der Waals surface area (Å²) < 4.78 is 0. The van der Waals surface area contributed by atoms with Crippen LogP contribution in [0, 0.1) is 0 Å². The molecule has 0 aliphatic carbocycles. The van der Waals surface area contributed by atoms with E-state index in [0.717, 1.165) is 27.4 Å². The Balaban J connectivity index is 0.00000161. The number of nitrogens with one attached hydrogen (secondary N) is 2. The maximum absolute atomic E-state index is 11.0. The highest BCUT2D eigenvalue weighted by Gasteiger charge is 2.05. The van der Waals surface area contributed by atoms with Crippen LogP contribution in [-0.4, -0.2) is 15.9 Å². The number of aromatic nitrogens is 2. The van der Waals surface area contributed by atoms with Crippen molar-refractivity contribution in [2.24, 2.45) is 0 Å². The number of carbonyl (C=O) groups excluding carboxylic acids is 1. The van der Waals surface area contributed by atoms with E-state index in [-0.39, 0.29) is 18.3 Å². The first-order valence-corrected chi connectivity index (χ1v) is 6.93. The molecule has 3 rings (SSSR count). The van der Waals surface area contributed by atoms with Gasteiger partial charge >= 0.3 is 0 Å². The highest BCUT2D eigenvalue weighted by atomic mass is 35.5. The number of hydrogen-bond donors (Lipinski definition) is 2. The van der Waals surface area contributed by atoms with Gasteiger partial charge in [0.1, 0.15) is 17.0 Å². The second kappa shape index (κ2) is 6.51. The van der Waals surface area contributed by atoms with Gasteiger partial charge in [0, 0.05) is 18.3 Å². The Bertz CT molecular complexity index is 757. The van der Waals surface area contributed by atoms with Crippen molar-refractivity contribution in [2.45, 2.75) is 6.92 Å². The first-order valence-electron chi connectivity index (χ1n) is 6.05. The molecule has 2 aromatic heterocycles. The average molecular weight is 321 g/mol. The van der Waals surface area contributed by atoms with Crippen LogP contribution in [0.25, 0.3) is 10.2 Å². The normalized spacial score (nSPS) is 9.95. The lowest BCUT2D eigenvalue weighted by Gasteiger charge is -2.07. The summed E-state index contributed by atoms with van der Waals surface area (Å²) in [5, 5.41) is 8.98. The first-order chi connectivity index (χ1) is 9.72. The molecule has 5 nitrogen and oxygen atoms in total. The van der Waals surface area contributed by atoms with Gasteiger partial charge in [0.2, 0.25) is 5.91 Å². The number of benzene rings is 1. The van der Waals surface area contributed by atoms with Gasteiger partial charge in [0.05, 0.1) is 5.39 Å². The monoisotopic (exact) mass is 320 g/mol. The van der Waals surface area contributed by atoms with Gasteiger partial charge in [-0.15, -0.1) is 23.7 Å². The third kappa shape index (κ3) is 3.48. The Morgan fingerprint density at radius 1 is 1.10 bits per heavy atom. The lowest BCUT2D eigenvalue weighted by atomic mass is 10.2. The Morgan fingerprint density at radius 3 is 2.52 bits per heavy atom. The van der Waals surface area contributed by atoms with E-state index >= 15 is 0 Å². The Morgan fingerprint density at radius 2 is 1.81 bits per heavy atom. The second-order valence-corrected chi connectivity index (χ2v) is 5.14. The number of halogens is 1. The van der Waals surface area contributed by atoms with Crippen LogP contribution < -0.4 is 10.6 Å². The molecule has 0 bridgehead atoms. The second-order valence-electron chi connectivity index (χ2n) is 4.25. The van der Waals surface area contributed by atoms with Crippen molar-refractivity contribution < 1.29 is 4.79 Å². The smallest absolute Gasteiger partial charge is 0.221 e. The van der Waals surface area contributed by atoms with Crippen molar-refractivity contribution in [2.75, 3.05) is 10.6 Å². The topological polar surface area (TPSA) is 66.9 Å². The summed E-state index contributed by atoms with van der Waals surface area (Å²) in [6.07, 6.45) is 1.55. The number of amides is 1. The van der Waals surface area contributed by atoms with Crippen LogP contribution in [0.5, 0.6) is 0 Å². The molecule has 0 unspecified atom stereocenters. The summed E-state index contributed by atoms with van der Waals surface area (Å²) in [5.74, 6) is 0.699. The summed E-state index contributed by atoms with van der Waals surface area (Å²) in [6.45, 7) is 1.49. The SMILES string of the molecule is CC(=O)Nc1ccc(Nc2ncnc3sccc23)cc1.Cl. The van der Waals surface area contributed by atoms with Crippen molar-refractivity contribution in [1.29, 1.82) is 0 Å². The molecule has 0 fully saturated rings. The van der Waals surface area contributed by atoms with Crippen LogP contribution in [0.1, 0.15) is 6.92 Å². The largest absolute Gasteiger partial charge is 0.340 e. The number of hydrogen-bond acceptors (Lipinski definition) is 5. The molecule has 2 N–H and O–H groups in total. The molecule has 7 heteroatoms. The van der Waals surface area contributed by atoms with Gasteiger partial charge in [0.25, 0.3) is 0 Å². The standard InChI is InChI=1S/C14H12N4OS.ClH/c1-9(19)17-10-2-4-11(5-3-10)18-13-12-6-7-20-14(12)16-8-15-13;/h2-8H,1H3,(H,17,19)(H,15,16,18);1H. The number of anilines is 3. The van der Waals surface area contributed by atoms with E-state index in [1.54, 1.807) is 17.7 Å². The van der Waals surface area contributed by atoms with Crippen LogP contribution >= 0.6 is 23.7 Å². The molecular formula is C14H13ClN4OS. The number of rotatable bonds is 3. The lowest BCUT2D eigenvalue weighted by molar-refractivity contribution is -0.114. The Hall–Kier alpha value is -2.18. The third-order valence-corrected chi connectivity index (χ3v) is 3.55. The van der Waals surface area contributed by atoms with E-state index in [0.29, 0.717) is 0 Å². The summed E-state index contributed by atoms with van der Waals surface area (Å²) in [4.78, 5) is 20.4. The predicted molar refractivity (Wildman–Crippen MR) is 88.7 cm³/mol. The zero-order valence-corrected chi connectivity index (χ0v) is 12.8. The van der Waals surface area contributed by atoms with Crippen molar-refractivity contribution in [1.82, 2.24) is 9.97 Å². The van der Waals surface area contributed by atoms with Crippen LogP contribution in [0.3, 0.4) is 0 Å². The minimum atomic E-state index is -0.0820. The summed E-state index contributed by atoms with van der Waals surface area (Å²) >= 11 is 1.58. The highest BCUT2D eigenvalue weighted by Crippen LogP contribution is 2.26. The van der Waals surface area contributed by atoms with Gasteiger partial charge in [-0.25, -0.2) is 9.97 Å². The van der Waals surface area contributed by atoms with E-state index in [1.165, 1.54) is 6.92 Å². The van der Waals surface area contributed by atoms with Gasteiger partial charge in [-0.1, -0.05) is 0 Å². The molecule has 0 saturated heterocycles. The molecule has 0 aliphatic rings. The predicted octanol–water partition coefficient (Wildman–Crippen LogP) is 3.82. The number of nitrogens with zero attached hydrogens (tertiary/aromatic N) is 2. The maximum atomic E-state index is 11.0. The van der Waals surface area contributed by atoms with E-state index < -0.39 is 0 Å². The fraction of sp³-hybridized carbons (Fsp3) is 0.0714. The first kappa shape index (κ1) is 15.2. The summed E-state index contributed by atoms with van der Waals surface area (Å²) in [7, 11) is 0. The summed E-state index contributed by atoms with van der Waals surface area (Å²) in [5.41, 5.74) is 1.68. The van der Waals surface area contributed by atoms with Crippen LogP contribution in [0.4, 0.5) is 17.2 Å². The zero-order chi connectivity index (χ0) is 13.9. The number of fused-ring (bicyclic) bond motifs is 1. The average Bonchev–Trinajstić information content (AvgIpc) is 2.90. The zero-order valence-electron chi connectivity index (χ0n) is 11.2. The van der Waals surface area contributed by atoms with Gasteiger partial charge < -0.3 is 10.6 Å². The number of thiophene rings is 1. The minimum Gasteiger partial charge on any atom is -0.340 e. The molecule has 2 heterocycles. The molecule has 0 saturated carbocycles. The van der Waals surface area contributed by atoms with Crippen LogP contribution in [0.2, 0.25) is 0 Å². The minimum absolute atomic E-state index is 0. The summed E-state index contributed by atoms with van der Waals surface area (Å²) in [6, 6.07) is 9.47. The molecule has 0 aliphatic heterocycles. The molecule has 108 valence electrons. The van der Waals surface area contributed by atoms with E-state index in [2.05, 4.69) is 20.6 Å². The quantitative estimate of drug-likeness (QED) is 0.770. The van der Waals surface area contributed by atoms with Crippen molar-refractivity contribution in [3.8, 4) is 0 Å². The van der Waals surface area contributed by atoms with E-state index in [1.807, 2.05) is 35.7 Å². The molecule has 0 radical (unpaired) electrons. The maximum Gasteiger partial charge on any atom is 0.221 e. The van der Waals surface area contributed by atoms with Gasteiger partial charge in [0.15, 0.2) is 0 Å². The van der Waals surface area contributed by atoms with Gasteiger partial charge in [-0.05, 0) is 35.7 Å². The fourth-order valence-corrected chi connectivity index (χ4v) is 2.60. The third-order valence-electron chi connectivity index (χ3n) is 2.73. The van der Waals surface area contributed by atoms with Crippen LogP contribution in [-0.2, 0) is 4.79 Å². The van der Waals surface area contributed by atoms with Crippen molar-refractivity contribution in [3.63, 3.8) is 0 Å². The highest BCUT2D eigenvalue weighted by molar-refractivity contribution is 7.16. The molecular weight excluding hydrogens is 308 g/mol. The van der Waals surface area contributed by atoms with Crippen molar-refractivity contribution >= 4 is 57.1 Å². The van der Waals surface area contributed by atoms with Gasteiger partial charge in [-0.3, -0.25) is 4.79 Å². The molecule has 0 atom stereocenters. The number of carbonyl (C=O) groups is 1. The molecule has 1 amide bonds. The lowest BCUT2D eigenvalue weighted by Crippen LogP contribution is -2.05. The van der Waals surface area contributed by atoms with E-state index in [9.17, 15) is 4.79 Å². The van der Waals surface area contributed by atoms with Gasteiger partial charge in [-0.2, -0.15) is 0 Å². The Kier molecular flexibility index (Phi) is 4.72. The van der Waals surface area contributed by atoms with Crippen molar-refractivity contribution in [3.05, 3.63) is 42.0 Å². The van der Waals surface area contributed by atoms with E-state index in [4.69, 9.17) is 0 Å². The fourth-order valence-electron chi connectivity index (χ4n) is 1.87. The molecule has 0 spiro atoms. The molecule has 21 heavy (non-hydrogen) atoms.